The molecule has 0 aliphatic rings. The summed E-state index contributed by atoms with van der Waals surface area (Å²) < 4.78 is 21.0. The third-order valence-electron chi connectivity index (χ3n) is 8.32. The van der Waals surface area contributed by atoms with E-state index in [9.17, 15) is 10.2 Å². The van der Waals surface area contributed by atoms with Gasteiger partial charge in [-0.1, -0.05) is 95.3 Å². The lowest BCUT2D eigenvalue weighted by Crippen LogP contribution is -1.98. The van der Waals surface area contributed by atoms with E-state index in [2.05, 4.69) is 25.3 Å². The number of aromatic hydroxyl groups is 2. The number of anilines is 3. The molecule has 0 saturated carbocycles. The number of nitrogens with two attached hydrogens (primary N) is 1. The second-order valence-corrected chi connectivity index (χ2v) is 11.7. The smallest absolute Gasteiger partial charge is 0.162 e. The molecule has 0 saturated heterocycles. The third-order valence-corrected chi connectivity index (χ3v) is 8.62. The first kappa shape index (κ1) is 45.6. The van der Waals surface area contributed by atoms with Crippen LogP contribution in [0, 0.1) is 0 Å². The van der Waals surface area contributed by atoms with Crippen molar-refractivity contribution in [3.05, 3.63) is 115 Å². The quantitative estimate of drug-likeness (QED) is 0.0714. The number of methoxy groups -OCH3 is 4. The van der Waals surface area contributed by atoms with Crippen LogP contribution in [-0.4, -0.2) is 58.6 Å². The molecule has 0 atom stereocenters. The first-order valence-corrected chi connectivity index (χ1v) is 18.5. The van der Waals surface area contributed by atoms with Gasteiger partial charge in [-0.15, -0.1) is 0 Å². The van der Waals surface area contributed by atoms with Gasteiger partial charge in [0.25, 0.3) is 0 Å². The summed E-state index contributed by atoms with van der Waals surface area (Å²) in [5.41, 5.74) is 8.72. The molecule has 58 heavy (non-hydrogen) atoms. The number of nitrogens with one attached hydrogen (secondary N) is 1. The van der Waals surface area contributed by atoms with Crippen molar-refractivity contribution >= 4 is 72.1 Å². The predicted octanol–water partition coefficient (Wildman–Crippen LogP) is 11.4. The van der Waals surface area contributed by atoms with Crippen LogP contribution < -0.4 is 30.0 Å². The van der Waals surface area contributed by atoms with Gasteiger partial charge < -0.3 is 40.2 Å². The average Bonchev–Trinajstić information content (AvgIpc) is 3.27. The first-order chi connectivity index (χ1) is 27.8. The number of halogens is 1. The minimum absolute atomic E-state index is 0. The van der Waals surface area contributed by atoms with Gasteiger partial charge in [-0.25, -0.2) is 19.9 Å². The molecule has 0 amide bonds. The maximum Gasteiger partial charge on any atom is 0.162 e. The Morgan fingerprint density at radius 3 is 1.48 bits per heavy atom. The molecule has 13 heteroatoms. The van der Waals surface area contributed by atoms with Gasteiger partial charge in [-0.05, 0) is 36.4 Å². The molecule has 0 aliphatic heterocycles. The van der Waals surface area contributed by atoms with E-state index >= 15 is 0 Å². The Morgan fingerprint density at radius 2 is 0.948 bits per heavy atom. The topological polar surface area (TPSA) is 167 Å². The number of fused-ring (bicyclic) bond motifs is 4. The maximum atomic E-state index is 10.1. The van der Waals surface area contributed by atoms with Crippen molar-refractivity contribution in [2.45, 2.75) is 35.1 Å². The summed E-state index contributed by atoms with van der Waals surface area (Å²) in [7, 11) is 6.33. The van der Waals surface area contributed by atoms with Gasteiger partial charge in [0.2, 0.25) is 0 Å². The second-order valence-electron chi connectivity index (χ2n) is 11.4. The monoisotopic (exact) mass is 806 g/mol. The molecule has 304 valence electrons. The number of rotatable bonds is 6. The van der Waals surface area contributed by atoms with Crippen LogP contribution in [0.25, 0.3) is 43.4 Å². The molecule has 2 heterocycles. The number of benzene rings is 6. The molecular formula is C45H51ClN6O6. The molecule has 8 aromatic rings. The van der Waals surface area contributed by atoms with Crippen LogP contribution >= 0.6 is 11.6 Å². The van der Waals surface area contributed by atoms with Gasteiger partial charge in [0.1, 0.15) is 35.1 Å². The Balaban J connectivity index is 0.000000239. The van der Waals surface area contributed by atoms with E-state index in [0.717, 1.165) is 49.0 Å². The zero-order valence-corrected chi connectivity index (χ0v) is 33.9. The molecule has 0 spiro atoms. The van der Waals surface area contributed by atoms with Crippen molar-refractivity contribution < 1.29 is 29.2 Å². The Labute approximate surface area is 344 Å². The molecule has 2 aromatic heterocycles. The standard InChI is InChI=1S/C20H17N3O3.C10H9ClN2O2.C10H9NO.2C2H6.CH4/c1-25-18-9-14-16(10-19(18)26-2)21-11-22-20(14)23-15-7-8-17(24)13-6-4-3-5-12(13)15;1-14-8-3-6-7(4-9(8)15-2)12-5-13-10(6)11;11-9-5-6-10(12)8-4-2-1-3-7(8)9;2*1-2;/h3-11,24H,1-2H3,(H,21,22,23);3-5H,1-2H3;1-6,12H,11H2;2*1-2H3;1H4. The van der Waals surface area contributed by atoms with Crippen LogP contribution in [0.4, 0.5) is 17.2 Å². The van der Waals surface area contributed by atoms with Gasteiger partial charge in [-0.3, -0.25) is 0 Å². The van der Waals surface area contributed by atoms with Crippen LogP contribution in [0.5, 0.6) is 34.5 Å². The van der Waals surface area contributed by atoms with E-state index in [1.165, 1.54) is 12.7 Å². The SMILES string of the molecule is C.CC.CC.COc1cc2ncnc(Cl)c2cc1OC.COc1cc2ncnc(Nc3ccc(O)c4ccccc34)c2cc1OC.Nc1ccc(O)c2ccccc12. The fraction of sp³-hybridized carbons (Fsp3) is 0.200. The molecule has 0 unspecified atom stereocenters. The lowest BCUT2D eigenvalue weighted by molar-refractivity contribution is 0.356. The number of phenolic OH excluding ortho intramolecular Hbond substituents is 2. The molecular weight excluding hydrogens is 756 g/mol. The van der Waals surface area contributed by atoms with E-state index in [4.69, 9.17) is 36.3 Å². The minimum Gasteiger partial charge on any atom is -0.507 e. The zero-order valence-electron chi connectivity index (χ0n) is 33.2. The van der Waals surface area contributed by atoms with Crippen LogP contribution in [0.3, 0.4) is 0 Å². The van der Waals surface area contributed by atoms with E-state index in [0.29, 0.717) is 39.7 Å². The van der Waals surface area contributed by atoms with Crippen LogP contribution in [0.2, 0.25) is 5.15 Å². The summed E-state index contributed by atoms with van der Waals surface area (Å²) in [4.78, 5) is 16.7. The third kappa shape index (κ3) is 10.3. The summed E-state index contributed by atoms with van der Waals surface area (Å²) in [6.45, 7) is 8.00. The highest BCUT2D eigenvalue weighted by Crippen LogP contribution is 2.37. The van der Waals surface area contributed by atoms with Crippen LogP contribution in [0.1, 0.15) is 35.1 Å². The van der Waals surface area contributed by atoms with Gasteiger partial charge in [-0.2, -0.15) is 0 Å². The second kappa shape index (κ2) is 22.1. The largest absolute Gasteiger partial charge is 0.507 e. The van der Waals surface area contributed by atoms with Gasteiger partial charge >= 0.3 is 0 Å². The number of hydrogen-bond acceptors (Lipinski definition) is 12. The molecule has 8 rings (SSSR count). The number of aromatic nitrogens is 4. The Kier molecular flexibility index (Phi) is 17.4. The zero-order chi connectivity index (χ0) is 41.5. The summed E-state index contributed by atoms with van der Waals surface area (Å²) in [6.07, 6.45) is 2.91. The highest BCUT2D eigenvalue weighted by molar-refractivity contribution is 6.34. The molecule has 0 radical (unpaired) electrons. The number of ether oxygens (including phenoxy) is 4. The Bertz CT molecular complexity index is 2530. The Hall–Kier alpha value is -6.79. The van der Waals surface area contributed by atoms with Gasteiger partial charge in [0.15, 0.2) is 23.0 Å². The summed E-state index contributed by atoms with van der Waals surface area (Å²) in [5.74, 6) is 3.62. The lowest BCUT2D eigenvalue weighted by atomic mass is 10.1. The number of hydrogen-bond donors (Lipinski definition) is 4. The number of nitrogen functional groups attached to an aromatic ring is 1. The van der Waals surface area contributed by atoms with Crippen molar-refractivity contribution in [3.8, 4) is 34.5 Å². The first-order valence-electron chi connectivity index (χ1n) is 18.1. The lowest BCUT2D eigenvalue weighted by Gasteiger charge is -2.13. The maximum absolute atomic E-state index is 10.1. The van der Waals surface area contributed by atoms with Crippen molar-refractivity contribution in [1.29, 1.82) is 0 Å². The van der Waals surface area contributed by atoms with Gasteiger partial charge in [0, 0.05) is 55.8 Å². The number of phenols is 2. The summed E-state index contributed by atoms with van der Waals surface area (Å²) in [6, 6.07) is 29.2. The Morgan fingerprint density at radius 1 is 0.517 bits per heavy atom. The van der Waals surface area contributed by atoms with Gasteiger partial charge in [0.05, 0.1) is 39.5 Å². The van der Waals surface area contributed by atoms with Crippen molar-refractivity contribution in [1.82, 2.24) is 19.9 Å². The molecule has 0 aliphatic carbocycles. The summed E-state index contributed by atoms with van der Waals surface area (Å²) >= 11 is 5.93. The van der Waals surface area contributed by atoms with Crippen LogP contribution in [0.15, 0.2) is 110 Å². The van der Waals surface area contributed by atoms with E-state index < -0.39 is 0 Å². The molecule has 0 bridgehead atoms. The summed E-state index contributed by atoms with van der Waals surface area (Å²) in [5, 5.41) is 28.2. The fourth-order valence-corrected chi connectivity index (χ4v) is 5.86. The highest BCUT2D eigenvalue weighted by Gasteiger charge is 2.13. The molecule has 5 N–H and O–H groups in total. The normalized spacial score (nSPS) is 9.88. The fourth-order valence-electron chi connectivity index (χ4n) is 5.66. The molecule has 0 fully saturated rings. The van der Waals surface area contributed by atoms with Crippen molar-refractivity contribution in [2.75, 3.05) is 39.5 Å². The number of nitrogens with zero attached hydrogens (tertiary/aromatic N) is 4. The van der Waals surface area contributed by atoms with E-state index in [1.807, 2.05) is 94.4 Å². The predicted molar refractivity (Wildman–Crippen MR) is 239 cm³/mol. The van der Waals surface area contributed by atoms with Crippen molar-refractivity contribution in [2.24, 2.45) is 0 Å². The molecule has 6 aromatic carbocycles. The van der Waals surface area contributed by atoms with Crippen LogP contribution in [-0.2, 0) is 0 Å². The highest BCUT2D eigenvalue weighted by atomic mass is 35.5. The average molecular weight is 807 g/mol. The van der Waals surface area contributed by atoms with E-state index in [-0.39, 0.29) is 18.9 Å². The van der Waals surface area contributed by atoms with E-state index in [1.54, 1.807) is 58.8 Å². The molecule has 12 nitrogen and oxygen atoms in total. The van der Waals surface area contributed by atoms with Crippen molar-refractivity contribution in [3.63, 3.8) is 0 Å². The minimum atomic E-state index is 0.